The highest BCUT2D eigenvalue weighted by molar-refractivity contribution is 6.31. The van der Waals surface area contributed by atoms with Crippen molar-refractivity contribution < 1.29 is 19.1 Å². The van der Waals surface area contributed by atoms with Crippen LogP contribution in [0.3, 0.4) is 0 Å². The molecular formula is C12H19ClN2O4. The second kappa shape index (κ2) is 7.33. The standard InChI is InChI=1S/C12H19ClN2O4/c1-3-19-11(17)9-5-4-6-15(7-9)12(18)14-10(16)8(2)13/h8-9H,3-7H2,1-2H3,(H,14,16,18). The number of alkyl halides is 1. The van der Waals surface area contributed by atoms with Gasteiger partial charge in [0.2, 0.25) is 5.91 Å². The van der Waals surface area contributed by atoms with Crippen LogP contribution in [0, 0.1) is 5.92 Å². The van der Waals surface area contributed by atoms with E-state index in [1.807, 2.05) is 0 Å². The van der Waals surface area contributed by atoms with Gasteiger partial charge in [-0.2, -0.15) is 0 Å². The zero-order chi connectivity index (χ0) is 14.4. The Morgan fingerprint density at radius 3 is 2.74 bits per heavy atom. The molecule has 1 aliphatic rings. The van der Waals surface area contributed by atoms with Crippen molar-refractivity contribution in [3.05, 3.63) is 0 Å². The summed E-state index contributed by atoms with van der Waals surface area (Å²) in [7, 11) is 0. The quantitative estimate of drug-likeness (QED) is 0.624. The lowest BCUT2D eigenvalue weighted by atomic mass is 9.98. The monoisotopic (exact) mass is 290 g/mol. The Bertz CT molecular complexity index is 360. The minimum absolute atomic E-state index is 0.272. The van der Waals surface area contributed by atoms with Crippen molar-refractivity contribution in [2.45, 2.75) is 32.1 Å². The van der Waals surface area contributed by atoms with Gasteiger partial charge in [0.1, 0.15) is 5.38 Å². The molecule has 1 heterocycles. The van der Waals surface area contributed by atoms with Gasteiger partial charge in [0.05, 0.1) is 12.5 Å². The highest BCUT2D eigenvalue weighted by Gasteiger charge is 2.30. The summed E-state index contributed by atoms with van der Waals surface area (Å²) in [4.78, 5) is 36.2. The maximum absolute atomic E-state index is 11.8. The van der Waals surface area contributed by atoms with E-state index in [0.717, 1.165) is 0 Å². The second-order valence-electron chi connectivity index (χ2n) is 4.45. The molecule has 1 aliphatic heterocycles. The molecule has 0 aromatic carbocycles. The Hall–Kier alpha value is -1.30. The number of urea groups is 1. The largest absolute Gasteiger partial charge is 0.466 e. The fourth-order valence-corrected chi connectivity index (χ4v) is 1.95. The van der Waals surface area contributed by atoms with Crippen molar-refractivity contribution in [3.63, 3.8) is 0 Å². The van der Waals surface area contributed by atoms with Gasteiger partial charge < -0.3 is 9.64 Å². The van der Waals surface area contributed by atoms with Gasteiger partial charge in [0.25, 0.3) is 0 Å². The van der Waals surface area contributed by atoms with E-state index in [2.05, 4.69) is 5.32 Å². The number of esters is 1. The molecule has 7 heteroatoms. The molecule has 1 rings (SSSR count). The number of imide groups is 1. The topological polar surface area (TPSA) is 75.7 Å². The molecular weight excluding hydrogens is 272 g/mol. The Kier molecular flexibility index (Phi) is 6.08. The number of hydrogen-bond acceptors (Lipinski definition) is 4. The summed E-state index contributed by atoms with van der Waals surface area (Å²) in [6.45, 7) is 4.34. The molecule has 0 aliphatic carbocycles. The number of ether oxygens (including phenoxy) is 1. The van der Waals surface area contributed by atoms with E-state index in [9.17, 15) is 14.4 Å². The number of halogens is 1. The summed E-state index contributed by atoms with van der Waals surface area (Å²) in [6.07, 6.45) is 1.41. The molecule has 19 heavy (non-hydrogen) atoms. The summed E-state index contributed by atoms with van der Waals surface area (Å²) in [5.41, 5.74) is 0. The lowest BCUT2D eigenvalue weighted by Gasteiger charge is -2.31. The van der Waals surface area contributed by atoms with E-state index in [-0.39, 0.29) is 18.4 Å². The van der Waals surface area contributed by atoms with Gasteiger partial charge in [-0.15, -0.1) is 11.6 Å². The summed E-state index contributed by atoms with van der Waals surface area (Å²) in [6, 6.07) is -0.508. The fraction of sp³-hybridized carbons (Fsp3) is 0.750. The second-order valence-corrected chi connectivity index (χ2v) is 5.10. The van der Waals surface area contributed by atoms with Crippen LogP contribution in [0.2, 0.25) is 0 Å². The number of amides is 3. The first-order chi connectivity index (χ1) is 8.95. The SMILES string of the molecule is CCOC(=O)C1CCCN(C(=O)NC(=O)C(C)Cl)C1. The van der Waals surface area contributed by atoms with Crippen LogP contribution in [-0.4, -0.2) is 47.9 Å². The van der Waals surface area contributed by atoms with Crippen LogP contribution in [0.5, 0.6) is 0 Å². The highest BCUT2D eigenvalue weighted by Crippen LogP contribution is 2.18. The lowest BCUT2D eigenvalue weighted by Crippen LogP contribution is -2.50. The van der Waals surface area contributed by atoms with Gasteiger partial charge >= 0.3 is 12.0 Å². The van der Waals surface area contributed by atoms with Crippen LogP contribution >= 0.6 is 11.6 Å². The molecule has 6 nitrogen and oxygen atoms in total. The third kappa shape index (κ3) is 4.70. The van der Waals surface area contributed by atoms with E-state index in [4.69, 9.17) is 16.3 Å². The number of likely N-dealkylation sites (tertiary alicyclic amines) is 1. The Labute approximate surface area is 117 Å². The van der Waals surface area contributed by atoms with Crippen LogP contribution in [-0.2, 0) is 14.3 Å². The third-order valence-corrected chi connectivity index (χ3v) is 3.12. The lowest BCUT2D eigenvalue weighted by molar-refractivity contribution is -0.149. The minimum atomic E-state index is -0.769. The van der Waals surface area contributed by atoms with Crippen molar-refractivity contribution in [1.29, 1.82) is 0 Å². The molecule has 0 radical (unpaired) electrons. The van der Waals surface area contributed by atoms with Crippen molar-refractivity contribution >= 4 is 29.5 Å². The highest BCUT2D eigenvalue weighted by atomic mass is 35.5. The molecule has 0 aromatic heterocycles. The maximum Gasteiger partial charge on any atom is 0.324 e. The summed E-state index contributed by atoms with van der Waals surface area (Å²) in [5.74, 6) is -1.15. The average Bonchev–Trinajstić information content (AvgIpc) is 2.39. The molecule has 1 saturated heterocycles. The van der Waals surface area contributed by atoms with Crippen LogP contribution < -0.4 is 5.32 Å². The number of piperidine rings is 1. The predicted octanol–water partition coefficient (Wildman–Crippen LogP) is 1.12. The molecule has 3 amide bonds. The van der Waals surface area contributed by atoms with Crippen LogP contribution in [0.4, 0.5) is 4.79 Å². The molecule has 108 valence electrons. The van der Waals surface area contributed by atoms with Crippen molar-refractivity contribution in [2.75, 3.05) is 19.7 Å². The van der Waals surface area contributed by atoms with Gasteiger partial charge in [-0.05, 0) is 26.7 Å². The Morgan fingerprint density at radius 1 is 1.47 bits per heavy atom. The summed E-state index contributed by atoms with van der Waals surface area (Å²) < 4.78 is 4.94. The third-order valence-electron chi connectivity index (χ3n) is 2.92. The van der Waals surface area contributed by atoms with E-state index < -0.39 is 17.3 Å². The minimum Gasteiger partial charge on any atom is -0.466 e. The number of carbonyl (C=O) groups is 3. The van der Waals surface area contributed by atoms with Crippen molar-refractivity contribution in [1.82, 2.24) is 10.2 Å². The number of nitrogens with one attached hydrogen (secondary N) is 1. The van der Waals surface area contributed by atoms with Gasteiger partial charge in [-0.1, -0.05) is 0 Å². The molecule has 2 unspecified atom stereocenters. The molecule has 0 spiro atoms. The normalized spacial score (nSPS) is 20.6. The molecule has 1 N–H and O–H groups in total. The Morgan fingerprint density at radius 2 is 2.16 bits per heavy atom. The number of nitrogens with zero attached hydrogens (tertiary/aromatic N) is 1. The molecule has 0 aromatic rings. The van der Waals surface area contributed by atoms with Gasteiger partial charge in [0, 0.05) is 13.1 Å². The maximum atomic E-state index is 11.8. The summed E-state index contributed by atoms with van der Waals surface area (Å²) in [5, 5.41) is 1.44. The molecule has 0 saturated carbocycles. The summed E-state index contributed by atoms with van der Waals surface area (Å²) >= 11 is 5.57. The molecule has 1 fully saturated rings. The average molecular weight is 291 g/mol. The van der Waals surface area contributed by atoms with E-state index >= 15 is 0 Å². The van der Waals surface area contributed by atoms with E-state index in [1.54, 1.807) is 6.92 Å². The number of carbonyl (C=O) groups excluding carboxylic acids is 3. The van der Waals surface area contributed by atoms with Crippen LogP contribution in [0.15, 0.2) is 0 Å². The molecule has 2 atom stereocenters. The van der Waals surface area contributed by atoms with Gasteiger partial charge in [-0.3, -0.25) is 14.9 Å². The number of hydrogen-bond donors (Lipinski definition) is 1. The zero-order valence-electron chi connectivity index (χ0n) is 11.1. The van der Waals surface area contributed by atoms with Gasteiger partial charge in [0.15, 0.2) is 0 Å². The number of rotatable bonds is 3. The smallest absolute Gasteiger partial charge is 0.324 e. The predicted molar refractivity (Wildman–Crippen MR) is 69.8 cm³/mol. The van der Waals surface area contributed by atoms with E-state index in [1.165, 1.54) is 11.8 Å². The van der Waals surface area contributed by atoms with E-state index in [0.29, 0.717) is 26.0 Å². The fourth-order valence-electron chi connectivity index (χ4n) is 1.90. The first-order valence-electron chi connectivity index (χ1n) is 6.36. The van der Waals surface area contributed by atoms with Crippen LogP contribution in [0.1, 0.15) is 26.7 Å². The van der Waals surface area contributed by atoms with Gasteiger partial charge in [-0.25, -0.2) is 4.79 Å². The van der Waals surface area contributed by atoms with Crippen molar-refractivity contribution in [3.8, 4) is 0 Å². The van der Waals surface area contributed by atoms with Crippen LogP contribution in [0.25, 0.3) is 0 Å². The molecule has 0 bridgehead atoms. The zero-order valence-corrected chi connectivity index (χ0v) is 11.9. The first kappa shape index (κ1) is 15.8. The first-order valence-corrected chi connectivity index (χ1v) is 6.79. The van der Waals surface area contributed by atoms with Crippen molar-refractivity contribution in [2.24, 2.45) is 5.92 Å². The Balaban J connectivity index is 2.52.